The van der Waals surface area contributed by atoms with Crippen molar-refractivity contribution in [3.05, 3.63) is 35.4 Å². The number of halogens is 3. The lowest BCUT2D eigenvalue weighted by Gasteiger charge is -2.28. The van der Waals surface area contributed by atoms with Gasteiger partial charge in [-0.15, -0.1) is 0 Å². The highest BCUT2D eigenvalue weighted by Gasteiger charge is 2.31. The summed E-state index contributed by atoms with van der Waals surface area (Å²) in [5.74, 6) is 0. The molecule has 4 nitrogen and oxygen atoms in total. The van der Waals surface area contributed by atoms with Gasteiger partial charge in [0.15, 0.2) is 0 Å². The predicted octanol–water partition coefficient (Wildman–Crippen LogP) is 3.98. The maximum absolute atomic E-state index is 12.7. The molecule has 1 atom stereocenters. The summed E-state index contributed by atoms with van der Waals surface area (Å²) in [6.07, 6.45) is -3.99. The van der Waals surface area contributed by atoms with Crippen molar-refractivity contribution in [3.8, 4) is 0 Å². The van der Waals surface area contributed by atoms with Crippen molar-refractivity contribution in [2.45, 2.75) is 45.0 Å². The predicted molar refractivity (Wildman–Crippen MR) is 84.6 cm³/mol. The molecule has 1 amide bonds. The third-order valence-corrected chi connectivity index (χ3v) is 3.69. The second-order valence-electron chi connectivity index (χ2n) is 6.91. The molecule has 0 bridgehead atoms. The summed E-state index contributed by atoms with van der Waals surface area (Å²) in [5.41, 5.74) is -0.539. The van der Waals surface area contributed by atoms with Crippen LogP contribution in [0.4, 0.5) is 18.0 Å². The SMILES string of the molecule is CC(C)(C)OC(=O)N1CCCNC(c2ccc(C(F)(F)F)cc2)C1. The van der Waals surface area contributed by atoms with Gasteiger partial charge in [-0.3, -0.25) is 0 Å². The van der Waals surface area contributed by atoms with E-state index in [-0.39, 0.29) is 6.04 Å². The minimum Gasteiger partial charge on any atom is -0.444 e. The molecule has 134 valence electrons. The summed E-state index contributed by atoms with van der Waals surface area (Å²) >= 11 is 0. The first-order chi connectivity index (χ1) is 11.1. The largest absolute Gasteiger partial charge is 0.444 e. The van der Waals surface area contributed by atoms with Crippen LogP contribution < -0.4 is 5.32 Å². The highest BCUT2D eigenvalue weighted by molar-refractivity contribution is 5.68. The number of hydrogen-bond acceptors (Lipinski definition) is 3. The van der Waals surface area contributed by atoms with E-state index in [0.717, 1.165) is 24.1 Å². The average molecular weight is 344 g/mol. The van der Waals surface area contributed by atoms with Crippen molar-refractivity contribution in [2.24, 2.45) is 0 Å². The van der Waals surface area contributed by atoms with Crippen molar-refractivity contribution >= 4 is 6.09 Å². The first-order valence-electron chi connectivity index (χ1n) is 7.95. The van der Waals surface area contributed by atoms with E-state index in [1.54, 1.807) is 25.7 Å². The van der Waals surface area contributed by atoms with Crippen LogP contribution in [0.1, 0.15) is 44.4 Å². The Morgan fingerprint density at radius 3 is 2.38 bits per heavy atom. The molecule has 1 aliphatic rings. The maximum Gasteiger partial charge on any atom is 0.416 e. The fourth-order valence-corrected chi connectivity index (χ4v) is 2.54. The number of nitrogens with zero attached hydrogens (tertiary/aromatic N) is 1. The Kier molecular flexibility index (Phi) is 5.42. The van der Waals surface area contributed by atoms with Crippen molar-refractivity contribution in [1.29, 1.82) is 0 Å². The van der Waals surface area contributed by atoms with Gasteiger partial charge in [-0.2, -0.15) is 13.2 Å². The Labute approximate surface area is 140 Å². The third kappa shape index (κ3) is 5.12. The zero-order valence-electron chi connectivity index (χ0n) is 14.1. The maximum atomic E-state index is 12.7. The summed E-state index contributed by atoms with van der Waals surface area (Å²) in [5, 5.41) is 3.27. The van der Waals surface area contributed by atoms with Crippen LogP contribution in [-0.2, 0) is 10.9 Å². The number of amides is 1. The number of benzene rings is 1. The number of rotatable bonds is 1. The molecule has 0 spiro atoms. The van der Waals surface area contributed by atoms with Gasteiger partial charge in [-0.25, -0.2) is 4.79 Å². The van der Waals surface area contributed by atoms with Gasteiger partial charge in [0.25, 0.3) is 0 Å². The minimum absolute atomic E-state index is 0.220. The number of carbonyl (C=O) groups is 1. The monoisotopic (exact) mass is 344 g/mol. The van der Waals surface area contributed by atoms with Gasteiger partial charge in [0, 0.05) is 13.1 Å². The molecule has 1 N–H and O–H groups in total. The van der Waals surface area contributed by atoms with Crippen LogP contribution >= 0.6 is 0 Å². The van der Waals surface area contributed by atoms with Gasteiger partial charge in [0.05, 0.1) is 11.6 Å². The second-order valence-corrected chi connectivity index (χ2v) is 6.91. The molecule has 0 aromatic heterocycles. The lowest BCUT2D eigenvalue weighted by Crippen LogP contribution is -2.39. The smallest absolute Gasteiger partial charge is 0.416 e. The molecular weight excluding hydrogens is 321 g/mol. The number of hydrogen-bond donors (Lipinski definition) is 1. The third-order valence-electron chi connectivity index (χ3n) is 3.69. The molecule has 7 heteroatoms. The minimum atomic E-state index is -4.35. The fraction of sp³-hybridized carbons (Fsp3) is 0.588. The van der Waals surface area contributed by atoms with Crippen LogP contribution in [0.3, 0.4) is 0 Å². The molecule has 1 aromatic rings. The van der Waals surface area contributed by atoms with E-state index < -0.39 is 23.4 Å². The van der Waals surface area contributed by atoms with Gasteiger partial charge in [-0.05, 0) is 51.4 Å². The average Bonchev–Trinajstić information content (AvgIpc) is 2.71. The Hall–Kier alpha value is -1.76. The lowest BCUT2D eigenvalue weighted by molar-refractivity contribution is -0.137. The van der Waals surface area contributed by atoms with Gasteiger partial charge in [0.1, 0.15) is 5.60 Å². The van der Waals surface area contributed by atoms with E-state index in [9.17, 15) is 18.0 Å². The van der Waals surface area contributed by atoms with E-state index in [0.29, 0.717) is 19.6 Å². The Morgan fingerprint density at radius 2 is 1.83 bits per heavy atom. The fourth-order valence-electron chi connectivity index (χ4n) is 2.54. The van der Waals surface area contributed by atoms with Crippen LogP contribution in [0.25, 0.3) is 0 Å². The molecule has 1 unspecified atom stereocenters. The quantitative estimate of drug-likeness (QED) is 0.838. The molecule has 24 heavy (non-hydrogen) atoms. The first kappa shape index (κ1) is 18.6. The number of nitrogens with one attached hydrogen (secondary N) is 1. The molecule has 1 saturated heterocycles. The number of ether oxygens (including phenoxy) is 1. The van der Waals surface area contributed by atoms with Gasteiger partial charge >= 0.3 is 12.3 Å². The summed E-state index contributed by atoms with van der Waals surface area (Å²) in [6.45, 7) is 7.00. The van der Waals surface area contributed by atoms with Crippen LogP contribution in [0.15, 0.2) is 24.3 Å². The normalized spacial score (nSPS) is 19.8. The Bertz CT molecular complexity index is 565. The molecule has 1 aliphatic heterocycles. The zero-order chi connectivity index (χ0) is 18.0. The van der Waals surface area contributed by atoms with E-state index in [1.165, 1.54) is 12.1 Å². The first-order valence-corrected chi connectivity index (χ1v) is 7.95. The van der Waals surface area contributed by atoms with Crippen LogP contribution in [-0.4, -0.2) is 36.2 Å². The zero-order valence-corrected chi connectivity index (χ0v) is 14.1. The molecule has 2 rings (SSSR count). The number of carbonyl (C=O) groups excluding carboxylic acids is 1. The van der Waals surface area contributed by atoms with Gasteiger partial charge < -0.3 is 15.0 Å². The molecule has 1 fully saturated rings. The topological polar surface area (TPSA) is 41.6 Å². The molecule has 1 aromatic carbocycles. The number of alkyl halides is 3. The van der Waals surface area contributed by atoms with Crippen molar-refractivity contribution in [1.82, 2.24) is 10.2 Å². The van der Waals surface area contributed by atoms with Gasteiger partial charge in [0.2, 0.25) is 0 Å². The van der Waals surface area contributed by atoms with Crippen LogP contribution in [0, 0.1) is 0 Å². The van der Waals surface area contributed by atoms with Crippen molar-refractivity contribution in [2.75, 3.05) is 19.6 Å². The van der Waals surface area contributed by atoms with Crippen LogP contribution in [0.2, 0.25) is 0 Å². The molecular formula is C17H23F3N2O2. The summed E-state index contributed by atoms with van der Waals surface area (Å²) in [4.78, 5) is 13.9. The van der Waals surface area contributed by atoms with E-state index in [4.69, 9.17) is 4.74 Å². The molecule has 1 heterocycles. The van der Waals surface area contributed by atoms with Crippen molar-refractivity contribution in [3.63, 3.8) is 0 Å². The summed E-state index contributed by atoms with van der Waals surface area (Å²) in [7, 11) is 0. The summed E-state index contributed by atoms with van der Waals surface area (Å²) in [6, 6.07) is 4.83. The standard InChI is InChI=1S/C17H23F3N2O2/c1-16(2,3)24-15(23)22-10-4-9-21-14(11-22)12-5-7-13(8-6-12)17(18,19)20/h5-8,14,21H,4,9-11H2,1-3H3. The van der Waals surface area contributed by atoms with E-state index in [2.05, 4.69) is 5.32 Å². The molecule has 0 aliphatic carbocycles. The Balaban J connectivity index is 2.11. The van der Waals surface area contributed by atoms with Gasteiger partial charge in [-0.1, -0.05) is 12.1 Å². The second kappa shape index (κ2) is 7.01. The van der Waals surface area contributed by atoms with E-state index >= 15 is 0 Å². The van der Waals surface area contributed by atoms with Crippen molar-refractivity contribution < 1.29 is 22.7 Å². The highest BCUT2D eigenvalue weighted by atomic mass is 19.4. The molecule has 0 saturated carbocycles. The Morgan fingerprint density at radius 1 is 1.21 bits per heavy atom. The molecule has 0 radical (unpaired) electrons. The highest BCUT2D eigenvalue weighted by Crippen LogP contribution is 2.30. The van der Waals surface area contributed by atoms with Crippen LogP contribution in [0.5, 0.6) is 0 Å². The summed E-state index contributed by atoms with van der Waals surface area (Å²) < 4.78 is 43.4. The van der Waals surface area contributed by atoms with E-state index in [1.807, 2.05) is 0 Å². The lowest BCUT2D eigenvalue weighted by atomic mass is 10.0.